The van der Waals surface area contributed by atoms with Gasteiger partial charge in [0.1, 0.15) is 5.82 Å². The first-order valence-corrected chi connectivity index (χ1v) is 8.94. The summed E-state index contributed by atoms with van der Waals surface area (Å²) in [5.74, 6) is 0.460. The van der Waals surface area contributed by atoms with E-state index in [1.165, 1.54) is 0 Å². The molecule has 0 saturated carbocycles. The third kappa shape index (κ3) is 4.10. The van der Waals surface area contributed by atoms with E-state index in [1.54, 1.807) is 12.3 Å². The number of anilines is 1. The summed E-state index contributed by atoms with van der Waals surface area (Å²) in [6, 6.07) is 3.63. The average Bonchev–Trinajstić information content (AvgIpc) is 2.68. The summed E-state index contributed by atoms with van der Waals surface area (Å²) < 4.78 is 10.5. The molecule has 3 heterocycles. The fourth-order valence-electron chi connectivity index (χ4n) is 3.34. The van der Waals surface area contributed by atoms with E-state index >= 15 is 0 Å². The van der Waals surface area contributed by atoms with E-state index < -0.39 is 0 Å². The number of aromatic nitrogens is 1. The Hall–Kier alpha value is -2.15. The van der Waals surface area contributed by atoms with Gasteiger partial charge < -0.3 is 19.3 Å². The van der Waals surface area contributed by atoms with Gasteiger partial charge >= 0.3 is 5.97 Å². The summed E-state index contributed by atoms with van der Waals surface area (Å²) in [5.41, 5.74) is 0.624. The van der Waals surface area contributed by atoms with Crippen molar-refractivity contribution in [3.05, 3.63) is 23.9 Å². The third-order valence-corrected chi connectivity index (χ3v) is 4.73. The third-order valence-electron chi connectivity index (χ3n) is 4.73. The molecule has 25 heavy (non-hydrogen) atoms. The zero-order valence-corrected chi connectivity index (χ0v) is 14.6. The zero-order chi connectivity index (χ0) is 17.6. The minimum absolute atomic E-state index is 0.0168. The van der Waals surface area contributed by atoms with E-state index in [4.69, 9.17) is 9.47 Å². The molecule has 136 valence electrons. The second kappa shape index (κ2) is 8.29. The highest BCUT2D eigenvalue weighted by atomic mass is 16.5. The van der Waals surface area contributed by atoms with Crippen molar-refractivity contribution in [2.45, 2.75) is 19.8 Å². The standard InChI is InChI=1S/C18H25N3O4/c1-2-25-18(23)14-5-8-21(9-6-14)17(22)15-4-3-7-19-16(15)20-10-12-24-13-11-20/h3-4,7,14H,2,5-6,8-13H2,1H3. The number of rotatable bonds is 4. The van der Waals surface area contributed by atoms with Gasteiger partial charge in [-0.05, 0) is 31.9 Å². The Labute approximate surface area is 147 Å². The van der Waals surface area contributed by atoms with Crippen LogP contribution in [0.5, 0.6) is 0 Å². The predicted molar refractivity (Wildman–Crippen MR) is 92.5 cm³/mol. The highest BCUT2D eigenvalue weighted by Crippen LogP contribution is 2.24. The second-order valence-electron chi connectivity index (χ2n) is 6.29. The van der Waals surface area contributed by atoms with Crippen molar-refractivity contribution in [1.82, 2.24) is 9.88 Å². The van der Waals surface area contributed by atoms with Crippen molar-refractivity contribution in [3.63, 3.8) is 0 Å². The number of carbonyl (C=O) groups excluding carboxylic acids is 2. The molecule has 2 fully saturated rings. The number of carbonyl (C=O) groups is 2. The van der Waals surface area contributed by atoms with Crippen LogP contribution in [-0.4, -0.2) is 67.8 Å². The molecule has 2 aliphatic heterocycles. The summed E-state index contributed by atoms with van der Waals surface area (Å²) in [5, 5.41) is 0. The number of ether oxygens (including phenoxy) is 2. The molecular formula is C18H25N3O4. The molecule has 7 heteroatoms. The molecule has 1 aromatic heterocycles. The maximum absolute atomic E-state index is 13.0. The van der Waals surface area contributed by atoms with Crippen molar-refractivity contribution in [1.29, 1.82) is 0 Å². The molecular weight excluding hydrogens is 322 g/mol. The summed E-state index contributed by atoms with van der Waals surface area (Å²) in [6.45, 7) is 6.12. The maximum atomic E-state index is 13.0. The number of hydrogen-bond acceptors (Lipinski definition) is 6. The highest BCUT2D eigenvalue weighted by molar-refractivity contribution is 5.99. The summed E-state index contributed by atoms with van der Waals surface area (Å²) in [4.78, 5) is 33.2. The number of esters is 1. The van der Waals surface area contributed by atoms with Gasteiger partial charge in [-0.25, -0.2) is 4.98 Å². The number of hydrogen-bond donors (Lipinski definition) is 0. The molecule has 0 aliphatic carbocycles. The topological polar surface area (TPSA) is 72.0 Å². The lowest BCUT2D eigenvalue weighted by atomic mass is 9.96. The van der Waals surface area contributed by atoms with E-state index in [1.807, 2.05) is 17.9 Å². The van der Waals surface area contributed by atoms with Crippen LogP contribution in [-0.2, 0) is 14.3 Å². The van der Waals surface area contributed by atoms with Crippen LogP contribution < -0.4 is 4.90 Å². The molecule has 2 saturated heterocycles. The minimum Gasteiger partial charge on any atom is -0.466 e. The summed E-state index contributed by atoms with van der Waals surface area (Å²) in [7, 11) is 0. The molecule has 1 aromatic rings. The summed E-state index contributed by atoms with van der Waals surface area (Å²) in [6.07, 6.45) is 3.02. The van der Waals surface area contributed by atoms with E-state index in [9.17, 15) is 9.59 Å². The summed E-state index contributed by atoms with van der Waals surface area (Å²) >= 11 is 0. The largest absolute Gasteiger partial charge is 0.466 e. The van der Waals surface area contributed by atoms with Gasteiger partial charge in [0.05, 0.1) is 31.3 Å². The van der Waals surface area contributed by atoms with E-state index in [2.05, 4.69) is 9.88 Å². The molecule has 0 bridgehead atoms. The van der Waals surface area contributed by atoms with Crippen molar-refractivity contribution < 1.29 is 19.1 Å². The van der Waals surface area contributed by atoms with Crippen LogP contribution in [0, 0.1) is 5.92 Å². The van der Waals surface area contributed by atoms with Gasteiger partial charge in [0.25, 0.3) is 5.91 Å². The Morgan fingerprint density at radius 3 is 2.64 bits per heavy atom. The SMILES string of the molecule is CCOC(=O)C1CCN(C(=O)c2cccnc2N2CCOCC2)CC1. The predicted octanol–water partition coefficient (Wildman–Crippen LogP) is 1.33. The molecule has 3 rings (SSSR count). The lowest BCUT2D eigenvalue weighted by Crippen LogP contribution is -2.42. The Bertz CT molecular complexity index is 608. The Balaban J connectivity index is 1.67. The number of likely N-dealkylation sites (tertiary alicyclic amines) is 1. The highest BCUT2D eigenvalue weighted by Gasteiger charge is 2.30. The Morgan fingerprint density at radius 1 is 1.24 bits per heavy atom. The van der Waals surface area contributed by atoms with Crippen LogP contribution in [0.15, 0.2) is 18.3 Å². The van der Waals surface area contributed by atoms with Gasteiger partial charge in [-0.1, -0.05) is 0 Å². The molecule has 2 aliphatic rings. The van der Waals surface area contributed by atoms with Crippen LogP contribution >= 0.6 is 0 Å². The monoisotopic (exact) mass is 347 g/mol. The van der Waals surface area contributed by atoms with Crippen molar-refractivity contribution in [2.24, 2.45) is 5.92 Å². The number of piperidine rings is 1. The fraction of sp³-hybridized carbons (Fsp3) is 0.611. The van der Waals surface area contributed by atoms with Crippen molar-refractivity contribution in [2.75, 3.05) is 50.9 Å². The number of nitrogens with zero attached hydrogens (tertiary/aromatic N) is 3. The lowest BCUT2D eigenvalue weighted by Gasteiger charge is -2.33. The van der Waals surface area contributed by atoms with Gasteiger partial charge in [-0.3, -0.25) is 9.59 Å². The molecule has 0 atom stereocenters. The van der Waals surface area contributed by atoms with Gasteiger partial charge in [0.2, 0.25) is 0 Å². The van der Waals surface area contributed by atoms with Crippen LogP contribution in [0.3, 0.4) is 0 Å². The van der Waals surface area contributed by atoms with Gasteiger partial charge in [-0.15, -0.1) is 0 Å². The van der Waals surface area contributed by atoms with Gasteiger partial charge in [-0.2, -0.15) is 0 Å². The first-order valence-electron chi connectivity index (χ1n) is 8.94. The van der Waals surface area contributed by atoms with E-state index in [-0.39, 0.29) is 17.8 Å². The molecule has 0 aromatic carbocycles. The second-order valence-corrected chi connectivity index (χ2v) is 6.29. The maximum Gasteiger partial charge on any atom is 0.309 e. The molecule has 0 unspecified atom stereocenters. The first kappa shape index (κ1) is 17.7. The molecule has 0 N–H and O–H groups in total. The quantitative estimate of drug-likeness (QED) is 0.765. The van der Waals surface area contributed by atoms with Gasteiger partial charge in [0.15, 0.2) is 0 Å². The normalized spacial score (nSPS) is 18.9. The number of morpholine rings is 1. The lowest BCUT2D eigenvalue weighted by molar-refractivity contribution is -0.149. The fourth-order valence-corrected chi connectivity index (χ4v) is 3.34. The number of amides is 1. The Kier molecular flexibility index (Phi) is 5.86. The van der Waals surface area contributed by atoms with Gasteiger partial charge in [0, 0.05) is 32.4 Å². The van der Waals surface area contributed by atoms with Crippen LogP contribution in [0.25, 0.3) is 0 Å². The van der Waals surface area contributed by atoms with E-state index in [0.717, 1.165) is 18.9 Å². The van der Waals surface area contributed by atoms with Crippen LogP contribution in [0.1, 0.15) is 30.1 Å². The minimum atomic E-state index is -0.148. The van der Waals surface area contributed by atoms with Crippen molar-refractivity contribution in [3.8, 4) is 0 Å². The number of pyridine rings is 1. The van der Waals surface area contributed by atoms with Crippen molar-refractivity contribution >= 4 is 17.7 Å². The first-order chi connectivity index (χ1) is 12.2. The molecule has 0 radical (unpaired) electrons. The smallest absolute Gasteiger partial charge is 0.309 e. The van der Waals surface area contributed by atoms with Crippen LogP contribution in [0.4, 0.5) is 5.82 Å². The molecule has 0 spiro atoms. The van der Waals surface area contributed by atoms with Crippen LogP contribution in [0.2, 0.25) is 0 Å². The zero-order valence-electron chi connectivity index (χ0n) is 14.6. The Morgan fingerprint density at radius 2 is 1.96 bits per heavy atom. The molecule has 7 nitrogen and oxygen atoms in total. The van der Waals surface area contributed by atoms with E-state index in [0.29, 0.717) is 51.3 Å². The molecule has 1 amide bonds. The average molecular weight is 347 g/mol.